The molecule has 1 saturated carbocycles. The van der Waals surface area contributed by atoms with E-state index in [4.69, 9.17) is 9.47 Å². The monoisotopic (exact) mass is 473 g/mol. The van der Waals surface area contributed by atoms with Crippen molar-refractivity contribution in [3.63, 3.8) is 0 Å². The van der Waals surface area contributed by atoms with E-state index in [2.05, 4.69) is 17.6 Å². The second kappa shape index (κ2) is 11.6. The first-order chi connectivity index (χ1) is 16.2. The smallest absolute Gasteiger partial charge is 0.408 e. The van der Waals surface area contributed by atoms with Crippen LogP contribution in [-0.2, 0) is 20.9 Å². The number of carbonyl (C=O) groups excluding carboxylic acids is 3. The van der Waals surface area contributed by atoms with Gasteiger partial charge in [0.2, 0.25) is 5.91 Å². The molecule has 1 aromatic carbocycles. The first kappa shape index (κ1) is 25.8. The fraction of sp³-hybridized carbons (Fsp3) is 0.654. The van der Waals surface area contributed by atoms with Crippen LogP contribution in [0.25, 0.3) is 0 Å². The molecule has 1 aromatic rings. The van der Waals surface area contributed by atoms with Crippen molar-refractivity contribution in [2.75, 3.05) is 6.54 Å². The normalized spacial score (nSPS) is 25.1. The van der Waals surface area contributed by atoms with Crippen LogP contribution >= 0.6 is 0 Å². The zero-order valence-corrected chi connectivity index (χ0v) is 20.8. The van der Waals surface area contributed by atoms with E-state index < -0.39 is 17.7 Å². The number of rotatable bonds is 7. The molecular formula is C26H39N3O5. The number of nitrogens with zero attached hydrogens (tertiary/aromatic N) is 1. The van der Waals surface area contributed by atoms with Crippen molar-refractivity contribution in [1.82, 2.24) is 15.5 Å². The average molecular weight is 474 g/mol. The van der Waals surface area contributed by atoms with Gasteiger partial charge in [0, 0.05) is 18.6 Å². The number of likely N-dealkylation sites (tertiary alicyclic amines) is 1. The molecule has 0 unspecified atom stereocenters. The SMILES string of the molecule is CCC[C@H]1C[C@H](NC(=O)OC(C)(C)C)CC[C@@H]1N1CC[C@H](NC(=O)OCc2ccccc2)C1=O. The average Bonchev–Trinajstić information content (AvgIpc) is 3.12. The molecule has 8 heteroatoms. The summed E-state index contributed by atoms with van der Waals surface area (Å²) in [5.41, 5.74) is 0.368. The molecule has 8 nitrogen and oxygen atoms in total. The lowest BCUT2D eigenvalue weighted by atomic mass is 9.78. The van der Waals surface area contributed by atoms with Gasteiger partial charge in [0.25, 0.3) is 0 Å². The van der Waals surface area contributed by atoms with Gasteiger partial charge in [-0.2, -0.15) is 0 Å². The van der Waals surface area contributed by atoms with Gasteiger partial charge in [0.15, 0.2) is 0 Å². The van der Waals surface area contributed by atoms with Crippen molar-refractivity contribution >= 4 is 18.1 Å². The van der Waals surface area contributed by atoms with Gasteiger partial charge >= 0.3 is 12.2 Å². The Labute approximate surface area is 202 Å². The van der Waals surface area contributed by atoms with Gasteiger partial charge < -0.3 is 25.0 Å². The second-order valence-corrected chi connectivity index (χ2v) is 10.4. The molecule has 4 atom stereocenters. The third-order valence-electron chi connectivity index (χ3n) is 6.47. The molecule has 0 spiro atoms. The largest absolute Gasteiger partial charge is 0.445 e. The van der Waals surface area contributed by atoms with Gasteiger partial charge in [-0.15, -0.1) is 0 Å². The van der Waals surface area contributed by atoms with E-state index in [1.54, 1.807) is 0 Å². The quantitative estimate of drug-likeness (QED) is 0.613. The minimum Gasteiger partial charge on any atom is -0.445 e. The van der Waals surface area contributed by atoms with Crippen molar-refractivity contribution < 1.29 is 23.9 Å². The summed E-state index contributed by atoms with van der Waals surface area (Å²) in [6.07, 6.45) is 4.05. The van der Waals surface area contributed by atoms with E-state index in [1.807, 2.05) is 56.0 Å². The summed E-state index contributed by atoms with van der Waals surface area (Å²) in [4.78, 5) is 39.6. The van der Waals surface area contributed by atoms with Crippen LogP contribution in [0.2, 0.25) is 0 Å². The Bertz CT molecular complexity index is 839. The minimum absolute atomic E-state index is 0.0404. The maximum Gasteiger partial charge on any atom is 0.408 e. The Morgan fingerprint density at radius 1 is 1.06 bits per heavy atom. The summed E-state index contributed by atoms with van der Waals surface area (Å²) >= 11 is 0. The molecule has 3 amide bonds. The van der Waals surface area contributed by atoms with Crippen molar-refractivity contribution in [2.45, 2.75) is 96.6 Å². The molecule has 1 heterocycles. The van der Waals surface area contributed by atoms with Gasteiger partial charge in [-0.3, -0.25) is 4.79 Å². The summed E-state index contributed by atoms with van der Waals surface area (Å²) in [7, 11) is 0. The molecule has 0 aromatic heterocycles. The van der Waals surface area contributed by atoms with E-state index in [9.17, 15) is 14.4 Å². The number of hydrogen-bond acceptors (Lipinski definition) is 5. The highest BCUT2D eigenvalue weighted by molar-refractivity contribution is 5.87. The number of alkyl carbamates (subject to hydrolysis) is 2. The lowest BCUT2D eigenvalue weighted by molar-refractivity contribution is -0.133. The Balaban J connectivity index is 1.52. The van der Waals surface area contributed by atoms with Gasteiger partial charge in [-0.25, -0.2) is 9.59 Å². The molecular weight excluding hydrogens is 434 g/mol. The van der Waals surface area contributed by atoms with Crippen LogP contribution < -0.4 is 10.6 Å². The molecule has 34 heavy (non-hydrogen) atoms. The Morgan fingerprint density at radius 2 is 1.79 bits per heavy atom. The Hall–Kier alpha value is -2.77. The van der Waals surface area contributed by atoms with Gasteiger partial charge in [-0.1, -0.05) is 43.7 Å². The number of benzene rings is 1. The van der Waals surface area contributed by atoms with Crippen LogP contribution in [0.3, 0.4) is 0 Å². The minimum atomic E-state index is -0.570. The van der Waals surface area contributed by atoms with Gasteiger partial charge in [0.05, 0.1) is 0 Å². The van der Waals surface area contributed by atoms with Crippen LogP contribution in [0.5, 0.6) is 0 Å². The first-order valence-corrected chi connectivity index (χ1v) is 12.4. The van der Waals surface area contributed by atoms with Gasteiger partial charge in [0.1, 0.15) is 18.2 Å². The standard InChI is InChI=1S/C26H39N3O5/c1-5-9-19-16-20(27-25(32)34-26(2,3)4)12-13-22(19)29-15-14-21(23(29)30)28-24(31)33-17-18-10-7-6-8-11-18/h6-8,10-11,19-22H,5,9,12-17H2,1-4H3,(H,27,32)(H,28,31)/t19-,20+,21-,22-/m0/s1. The second-order valence-electron chi connectivity index (χ2n) is 10.4. The lowest BCUT2D eigenvalue weighted by Gasteiger charge is -2.41. The highest BCUT2D eigenvalue weighted by atomic mass is 16.6. The van der Waals surface area contributed by atoms with E-state index in [0.29, 0.717) is 18.9 Å². The molecule has 1 aliphatic carbocycles. The third-order valence-corrected chi connectivity index (χ3v) is 6.47. The maximum absolute atomic E-state index is 13.1. The first-order valence-electron chi connectivity index (χ1n) is 12.4. The van der Waals surface area contributed by atoms with Crippen molar-refractivity contribution in [1.29, 1.82) is 0 Å². The van der Waals surface area contributed by atoms with Crippen molar-refractivity contribution in [3.8, 4) is 0 Å². The molecule has 2 fully saturated rings. The number of nitrogens with one attached hydrogen (secondary N) is 2. The number of carbonyl (C=O) groups is 3. The zero-order chi connectivity index (χ0) is 24.7. The molecule has 0 bridgehead atoms. The van der Waals surface area contributed by atoms with Crippen LogP contribution in [0.15, 0.2) is 30.3 Å². The summed E-state index contributed by atoms with van der Waals surface area (Å²) in [5, 5.41) is 5.76. The fourth-order valence-electron chi connectivity index (χ4n) is 5.02. The summed E-state index contributed by atoms with van der Waals surface area (Å²) < 4.78 is 10.7. The van der Waals surface area contributed by atoms with Crippen LogP contribution in [0.4, 0.5) is 9.59 Å². The molecule has 0 radical (unpaired) electrons. The number of ether oxygens (including phenoxy) is 2. The fourth-order valence-corrected chi connectivity index (χ4v) is 5.02. The van der Waals surface area contributed by atoms with Crippen LogP contribution in [0, 0.1) is 5.92 Å². The van der Waals surface area contributed by atoms with E-state index >= 15 is 0 Å². The third kappa shape index (κ3) is 7.37. The molecule has 2 N–H and O–H groups in total. The van der Waals surface area contributed by atoms with Gasteiger partial charge in [-0.05, 0) is 64.4 Å². The molecule has 188 valence electrons. The molecule has 3 rings (SSSR count). The van der Waals surface area contributed by atoms with Crippen molar-refractivity contribution in [2.24, 2.45) is 5.92 Å². The lowest BCUT2D eigenvalue weighted by Crippen LogP contribution is -2.51. The van der Waals surface area contributed by atoms with Crippen molar-refractivity contribution in [3.05, 3.63) is 35.9 Å². The molecule has 2 aliphatic rings. The Kier molecular flexibility index (Phi) is 8.80. The van der Waals surface area contributed by atoms with E-state index in [1.165, 1.54) is 0 Å². The van der Waals surface area contributed by atoms with E-state index in [-0.39, 0.29) is 30.7 Å². The number of hydrogen-bond donors (Lipinski definition) is 2. The topological polar surface area (TPSA) is 97.0 Å². The maximum atomic E-state index is 13.1. The highest BCUT2D eigenvalue weighted by Gasteiger charge is 2.42. The predicted octanol–water partition coefficient (Wildman–Crippen LogP) is 4.38. The van der Waals surface area contributed by atoms with Crippen LogP contribution in [-0.4, -0.2) is 53.3 Å². The van der Waals surface area contributed by atoms with Crippen LogP contribution in [0.1, 0.15) is 71.8 Å². The summed E-state index contributed by atoms with van der Waals surface area (Å²) in [6, 6.07) is 9.07. The predicted molar refractivity (Wildman–Crippen MR) is 129 cm³/mol. The Morgan fingerprint density at radius 3 is 2.47 bits per heavy atom. The van der Waals surface area contributed by atoms with E-state index in [0.717, 1.165) is 37.7 Å². The molecule has 1 saturated heterocycles. The highest BCUT2D eigenvalue weighted by Crippen LogP contribution is 2.34. The molecule has 1 aliphatic heterocycles. The zero-order valence-electron chi connectivity index (χ0n) is 20.8. The summed E-state index contributed by atoms with van der Waals surface area (Å²) in [6.45, 7) is 8.49. The number of amides is 3. The summed E-state index contributed by atoms with van der Waals surface area (Å²) in [5.74, 6) is 0.257.